The standard InChI is InChI=1S/C15H16Br2ClNOS/c1-2-20-15-12(16)7-10(8-13(15)17)9-19-6-5-11-3-4-14(18)21-11/h3-4,7-8,19H,2,5-6,9H2,1H3. The number of benzene rings is 1. The number of thiophene rings is 1. The molecule has 0 aliphatic carbocycles. The quantitative estimate of drug-likeness (QED) is 0.547. The van der Waals surface area contributed by atoms with Crippen molar-refractivity contribution in [3.8, 4) is 5.75 Å². The lowest BCUT2D eigenvalue weighted by Gasteiger charge is -2.11. The summed E-state index contributed by atoms with van der Waals surface area (Å²) in [6.45, 7) is 4.38. The van der Waals surface area contributed by atoms with Crippen LogP contribution in [-0.4, -0.2) is 13.2 Å². The van der Waals surface area contributed by atoms with Crippen molar-refractivity contribution in [3.05, 3.63) is 48.0 Å². The van der Waals surface area contributed by atoms with Gasteiger partial charge in [-0.15, -0.1) is 11.3 Å². The summed E-state index contributed by atoms with van der Waals surface area (Å²) in [6, 6.07) is 8.20. The topological polar surface area (TPSA) is 21.3 Å². The highest BCUT2D eigenvalue weighted by Crippen LogP contribution is 2.34. The predicted molar refractivity (Wildman–Crippen MR) is 97.8 cm³/mol. The molecule has 0 aliphatic heterocycles. The first-order valence-corrected chi connectivity index (χ1v) is 9.44. The summed E-state index contributed by atoms with van der Waals surface area (Å²) in [6.07, 6.45) is 0.997. The maximum absolute atomic E-state index is 5.92. The molecule has 0 fully saturated rings. The van der Waals surface area contributed by atoms with Crippen molar-refractivity contribution in [3.63, 3.8) is 0 Å². The van der Waals surface area contributed by atoms with Crippen LogP contribution in [0.15, 0.2) is 33.2 Å². The molecule has 6 heteroatoms. The van der Waals surface area contributed by atoms with Gasteiger partial charge in [-0.3, -0.25) is 0 Å². The zero-order chi connectivity index (χ0) is 15.2. The van der Waals surface area contributed by atoms with Crippen molar-refractivity contribution in [1.29, 1.82) is 0 Å². The van der Waals surface area contributed by atoms with Gasteiger partial charge in [0.15, 0.2) is 0 Å². The molecular formula is C15H16Br2ClNOS. The van der Waals surface area contributed by atoms with Gasteiger partial charge in [-0.1, -0.05) is 11.6 Å². The summed E-state index contributed by atoms with van der Waals surface area (Å²) >= 11 is 14.7. The molecule has 0 atom stereocenters. The molecular weight excluding hydrogens is 437 g/mol. The highest BCUT2D eigenvalue weighted by molar-refractivity contribution is 9.11. The van der Waals surface area contributed by atoms with Crippen LogP contribution in [-0.2, 0) is 13.0 Å². The molecule has 0 saturated heterocycles. The maximum atomic E-state index is 5.92. The monoisotopic (exact) mass is 451 g/mol. The van der Waals surface area contributed by atoms with E-state index in [2.05, 4.69) is 55.4 Å². The number of rotatable bonds is 7. The first-order chi connectivity index (χ1) is 10.1. The third-order valence-electron chi connectivity index (χ3n) is 2.85. The van der Waals surface area contributed by atoms with Crippen molar-refractivity contribution in [2.24, 2.45) is 0 Å². The Morgan fingerprint density at radius 2 is 1.95 bits per heavy atom. The van der Waals surface area contributed by atoms with Gasteiger partial charge < -0.3 is 10.1 Å². The minimum absolute atomic E-state index is 0.651. The molecule has 0 radical (unpaired) electrons. The Balaban J connectivity index is 1.85. The van der Waals surface area contributed by atoms with Crippen LogP contribution in [0.3, 0.4) is 0 Å². The fourth-order valence-corrected chi connectivity index (χ4v) is 4.52. The van der Waals surface area contributed by atoms with E-state index >= 15 is 0 Å². The van der Waals surface area contributed by atoms with E-state index in [0.29, 0.717) is 6.61 Å². The van der Waals surface area contributed by atoms with Gasteiger partial charge in [-0.05, 0) is 75.0 Å². The van der Waals surface area contributed by atoms with Crippen LogP contribution in [0.2, 0.25) is 4.34 Å². The Bertz CT molecular complexity index is 580. The van der Waals surface area contributed by atoms with E-state index in [1.54, 1.807) is 11.3 Å². The van der Waals surface area contributed by atoms with Crippen molar-refractivity contribution in [2.45, 2.75) is 19.9 Å². The van der Waals surface area contributed by atoms with Gasteiger partial charge in [0.2, 0.25) is 0 Å². The molecule has 0 unspecified atom stereocenters. The molecule has 0 spiro atoms. The van der Waals surface area contributed by atoms with Gasteiger partial charge in [0.1, 0.15) is 5.75 Å². The van der Waals surface area contributed by atoms with Crippen LogP contribution in [0.4, 0.5) is 0 Å². The Morgan fingerprint density at radius 1 is 1.24 bits per heavy atom. The van der Waals surface area contributed by atoms with Gasteiger partial charge in [-0.2, -0.15) is 0 Å². The number of ether oxygens (including phenoxy) is 1. The second-order valence-electron chi connectivity index (χ2n) is 4.45. The molecule has 2 aromatic rings. The fourth-order valence-electron chi connectivity index (χ4n) is 1.93. The highest BCUT2D eigenvalue weighted by atomic mass is 79.9. The number of nitrogens with one attached hydrogen (secondary N) is 1. The number of hydrogen-bond donors (Lipinski definition) is 1. The highest BCUT2D eigenvalue weighted by Gasteiger charge is 2.08. The van der Waals surface area contributed by atoms with Crippen LogP contribution in [0.1, 0.15) is 17.4 Å². The molecule has 0 amide bonds. The summed E-state index contributed by atoms with van der Waals surface area (Å²) in [7, 11) is 0. The minimum Gasteiger partial charge on any atom is -0.492 e. The van der Waals surface area contributed by atoms with E-state index in [9.17, 15) is 0 Å². The lowest BCUT2D eigenvalue weighted by atomic mass is 10.2. The van der Waals surface area contributed by atoms with Crippen LogP contribution in [0, 0.1) is 0 Å². The molecule has 2 rings (SSSR count). The van der Waals surface area contributed by atoms with Gasteiger partial charge in [0.05, 0.1) is 19.9 Å². The Kier molecular flexibility index (Phi) is 7.02. The molecule has 0 saturated carbocycles. The summed E-state index contributed by atoms with van der Waals surface area (Å²) in [4.78, 5) is 1.31. The van der Waals surface area contributed by atoms with Gasteiger partial charge in [0.25, 0.3) is 0 Å². The van der Waals surface area contributed by atoms with Crippen molar-refractivity contribution in [1.82, 2.24) is 5.32 Å². The lowest BCUT2D eigenvalue weighted by Crippen LogP contribution is -2.16. The van der Waals surface area contributed by atoms with E-state index < -0.39 is 0 Å². The van der Waals surface area contributed by atoms with Crippen LogP contribution >= 0.6 is 54.8 Å². The average molecular weight is 454 g/mol. The third-order valence-corrected chi connectivity index (χ3v) is 5.32. The van der Waals surface area contributed by atoms with Crippen molar-refractivity contribution < 1.29 is 4.74 Å². The summed E-state index contributed by atoms with van der Waals surface area (Å²) < 4.78 is 8.38. The summed E-state index contributed by atoms with van der Waals surface area (Å²) in [5.74, 6) is 0.856. The van der Waals surface area contributed by atoms with Crippen molar-refractivity contribution in [2.75, 3.05) is 13.2 Å². The molecule has 0 bridgehead atoms. The van der Waals surface area contributed by atoms with E-state index in [-0.39, 0.29) is 0 Å². The molecule has 1 N–H and O–H groups in total. The minimum atomic E-state index is 0.651. The molecule has 0 aliphatic rings. The largest absolute Gasteiger partial charge is 0.492 e. The Hall–Kier alpha value is -0.0700. The SMILES string of the molecule is CCOc1c(Br)cc(CNCCc2ccc(Cl)s2)cc1Br. The van der Waals surface area contributed by atoms with E-state index in [1.165, 1.54) is 10.4 Å². The molecule has 2 nitrogen and oxygen atoms in total. The predicted octanol–water partition coefficient (Wildman–Crippen LogP) is 5.66. The zero-order valence-corrected chi connectivity index (χ0v) is 16.3. The van der Waals surface area contributed by atoms with Gasteiger partial charge >= 0.3 is 0 Å². The molecule has 1 aromatic heterocycles. The van der Waals surface area contributed by atoms with Crippen LogP contribution in [0.25, 0.3) is 0 Å². The normalized spacial score (nSPS) is 10.9. The van der Waals surface area contributed by atoms with E-state index in [4.69, 9.17) is 16.3 Å². The van der Waals surface area contributed by atoms with Gasteiger partial charge in [-0.25, -0.2) is 0 Å². The zero-order valence-electron chi connectivity index (χ0n) is 11.6. The summed E-state index contributed by atoms with van der Waals surface area (Å²) in [5, 5.41) is 3.45. The average Bonchev–Trinajstić information content (AvgIpc) is 2.85. The molecule has 114 valence electrons. The van der Waals surface area contributed by atoms with Gasteiger partial charge in [0, 0.05) is 18.0 Å². The first kappa shape index (κ1) is 17.3. The number of halogens is 3. The smallest absolute Gasteiger partial charge is 0.147 e. The molecule has 1 aromatic carbocycles. The summed E-state index contributed by atoms with van der Waals surface area (Å²) in [5.41, 5.74) is 1.21. The Morgan fingerprint density at radius 3 is 2.52 bits per heavy atom. The number of hydrogen-bond acceptors (Lipinski definition) is 3. The fraction of sp³-hybridized carbons (Fsp3) is 0.333. The van der Waals surface area contributed by atoms with E-state index in [1.807, 2.05) is 13.0 Å². The maximum Gasteiger partial charge on any atom is 0.147 e. The first-order valence-electron chi connectivity index (χ1n) is 6.65. The second kappa shape index (κ2) is 8.53. The second-order valence-corrected chi connectivity index (χ2v) is 7.96. The van der Waals surface area contributed by atoms with Crippen LogP contribution in [0.5, 0.6) is 5.75 Å². The van der Waals surface area contributed by atoms with Crippen molar-refractivity contribution >= 4 is 54.8 Å². The third kappa shape index (κ3) is 5.25. The molecule has 1 heterocycles. The lowest BCUT2D eigenvalue weighted by molar-refractivity contribution is 0.336. The van der Waals surface area contributed by atoms with Crippen LogP contribution < -0.4 is 10.1 Å². The molecule has 21 heavy (non-hydrogen) atoms. The van der Waals surface area contributed by atoms with E-state index in [0.717, 1.165) is 38.5 Å². The Labute approximate surface area is 151 Å².